The summed E-state index contributed by atoms with van der Waals surface area (Å²) in [4.78, 5) is 19.2. The summed E-state index contributed by atoms with van der Waals surface area (Å²) in [5.41, 5.74) is 1.59. The van der Waals surface area contributed by atoms with Crippen molar-refractivity contribution in [2.24, 2.45) is 5.92 Å². The van der Waals surface area contributed by atoms with Gasteiger partial charge in [-0.25, -0.2) is 9.78 Å². The number of carbonyl (C=O) groups is 1. The second-order valence-corrected chi connectivity index (χ2v) is 8.36. The van der Waals surface area contributed by atoms with Gasteiger partial charge >= 0.3 is 6.03 Å². The number of amides is 2. The smallest absolute Gasteiger partial charge is 0.294 e. The fraction of sp³-hybridized carbons (Fsp3) is 0.364. The summed E-state index contributed by atoms with van der Waals surface area (Å²) in [6, 6.07) is 12.8. The fourth-order valence-electron chi connectivity index (χ4n) is 2.94. The maximum atomic E-state index is 13.0. The van der Waals surface area contributed by atoms with Gasteiger partial charge in [-0.05, 0) is 42.7 Å². The maximum Gasteiger partial charge on any atom is 0.328 e. The van der Waals surface area contributed by atoms with Crippen molar-refractivity contribution in [3.8, 4) is 0 Å². The lowest BCUT2D eigenvalue weighted by molar-refractivity contribution is 0.255. The summed E-state index contributed by atoms with van der Waals surface area (Å²) >= 11 is 13.7. The van der Waals surface area contributed by atoms with Crippen LogP contribution in [-0.4, -0.2) is 17.6 Å². The largest absolute Gasteiger partial charge is 0.328 e. The number of fused-ring (bicyclic) bond motifs is 1. The number of benzene rings is 2. The van der Waals surface area contributed by atoms with Gasteiger partial charge in [-0.2, -0.15) is 0 Å². The van der Waals surface area contributed by atoms with Crippen LogP contribution in [0.15, 0.2) is 42.5 Å². The number of anilines is 2. The van der Waals surface area contributed by atoms with E-state index in [4.69, 9.17) is 23.2 Å². The summed E-state index contributed by atoms with van der Waals surface area (Å²) < 4.78 is 1.04. The third-order valence-electron chi connectivity index (χ3n) is 4.24. The van der Waals surface area contributed by atoms with Gasteiger partial charge in [-0.3, -0.25) is 10.2 Å². The maximum absolute atomic E-state index is 13.0. The Morgan fingerprint density at radius 3 is 2.55 bits per heavy atom. The first kappa shape index (κ1) is 23.5. The Balaban J connectivity index is 0.00000145. The van der Waals surface area contributed by atoms with Crippen LogP contribution >= 0.6 is 34.5 Å². The number of urea groups is 1. The van der Waals surface area contributed by atoms with Crippen LogP contribution in [0, 0.1) is 5.92 Å². The minimum absolute atomic E-state index is 0.226. The van der Waals surface area contributed by atoms with Crippen molar-refractivity contribution in [1.82, 2.24) is 4.98 Å². The molecule has 0 aliphatic carbocycles. The lowest BCUT2D eigenvalue weighted by Gasteiger charge is -2.26. The Hall–Kier alpha value is -1.82. The van der Waals surface area contributed by atoms with Gasteiger partial charge in [0, 0.05) is 12.2 Å². The number of nitrogens with zero attached hydrogens (tertiary/aromatic N) is 2. The van der Waals surface area contributed by atoms with Gasteiger partial charge in [0.25, 0.3) is 0 Å². The number of carbonyl (C=O) groups excluding carboxylic acids is 1. The Kier molecular flexibility index (Phi) is 9.21. The van der Waals surface area contributed by atoms with Crippen molar-refractivity contribution in [2.45, 2.75) is 40.5 Å². The molecule has 4 nitrogen and oxygen atoms in total. The van der Waals surface area contributed by atoms with Gasteiger partial charge in [0.05, 0.1) is 20.3 Å². The molecule has 2 aromatic carbocycles. The minimum Gasteiger partial charge on any atom is -0.294 e. The number of rotatable bonds is 6. The summed E-state index contributed by atoms with van der Waals surface area (Å²) in [5, 5.41) is 4.40. The Labute approximate surface area is 186 Å². The van der Waals surface area contributed by atoms with Crippen molar-refractivity contribution >= 4 is 61.6 Å². The zero-order valence-electron chi connectivity index (χ0n) is 17.2. The SMILES string of the molecule is CC.CCCC(C)CN(C(=O)Nc1nc2ccccc2s1)c1ccc(Cl)c(Cl)c1. The van der Waals surface area contributed by atoms with Gasteiger partial charge in [-0.15, -0.1) is 0 Å². The monoisotopic (exact) mass is 451 g/mol. The summed E-state index contributed by atoms with van der Waals surface area (Å²) in [6.45, 7) is 8.86. The van der Waals surface area contributed by atoms with Crippen molar-refractivity contribution in [3.63, 3.8) is 0 Å². The first-order chi connectivity index (χ1) is 14.0. The highest BCUT2D eigenvalue weighted by atomic mass is 35.5. The van der Waals surface area contributed by atoms with Gasteiger partial charge in [-0.1, -0.05) is 80.8 Å². The molecule has 0 saturated heterocycles. The molecular formula is C22H27Cl2N3OS. The van der Waals surface area contributed by atoms with Crippen molar-refractivity contribution in [2.75, 3.05) is 16.8 Å². The van der Waals surface area contributed by atoms with Crippen LogP contribution in [0.2, 0.25) is 10.0 Å². The zero-order valence-corrected chi connectivity index (χ0v) is 19.5. The normalized spacial score (nSPS) is 11.5. The minimum atomic E-state index is -0.226. The molecule has 1 aromatic heterocycles. The molecule has 3 aromatic rings. The highest BCUT2D eigenvalue weighted by Gasteiger charge is 2.20. The molecule has 0 fully saturated rings. The molecule has 0 spiro atoms. The number of thiazole rings is 1. The molecule has 156 valence electrons. The number of nitrogens with one attached hydrogen (secondary N) is 1. The third kappa shape index (κ3) is 6.33. The number of hydrogen-bond acceptors (Lipinski definition) is 3. The number of halogens is 2. The van der Waals surface area contributed by atoms with E-state index >= 15 is 0 Å². The molecule has 0 aliphatic heterocycles. The Bertz CT molecular complexity index is 912. The number of para-hydroxylation sites is 1. The molecule has 1 heterocycles. The molecule has 1 atom stereocenters. The van der Waals surface area contributed by atoms with Gasteiger partial charge in [0.15, 0.2) is 5.13 Å². The number of hydrogen-bond donors (Lipinski definition) is 1. The second kappa shape index (κ2) is 11.4. The van der Waals surface area contributed by atoms with E-state index in [9.17, 15) is 4.79 Å². The molecule has 0 bridgehead atoms. The molecule has 3 rings (SSSR count). The number of aromatic nitrogens is 1. The van der Waals surface area contributed by atoms with Crippen molar-refractivity contribution < 1.29 is 4.79 Å². The molecule has 0 aliphatic rings. The van der Waals surface area contributed by atoms with E-state index in [0.717, 1.165) is 23.1 Å². The zero-order chi connectivity index (χ0) is 21.4. The highest BCUT2D eigenvalue weighted by molar-refractivity contribution is 7.22. The predicted octanol–water partition coefficient (Wildman–Crippen LogP) is 8.10. The molecular weight excluding hydrogens is 425 g/mol. The summed E-state index contributed by atoms with van der Waals surface area (Å²) in [5.74, 6) is 0.352. The van der Waals surface area contributed by atoms with E-state index in [0.29, 0.717) is 33.3 Å². The van der Waals surface area contributed by atoms with Crippen LogP contribution in [0.4, 0.5) is 15.6 Å². The summed E-state index contributed by atoms with van der Waals surface area (Å²) in [7, 11) is 0. The molecule has 29 heavy (non-hydrogen) atoms. The van der Waals surface area contributed by atoms with Gasteiger partial charge < -0.3 is 0 Å². The molecule has 1 N–H and O–H groups in total. The van der Waals surface area contributed by atoms with E-state index in [1.807, 2.05) is 44.2 Å². The summed E-state index contributed by atoms with van der Waals surface area (Å²) in [6.07, 6.45) is 2.10. The van der Waals surface area contributed by atoms with Gasteiger partial charge in [0.2, 0.25) is 0 Å². The first-order valence-electron chi connectivity index (χ1n) is 9.87. The second-order valence-electron chi connectivity index (χ2n) is 6.52. The van der Waals surface area contributed by atoms with E-state index in [1.54, 1.807) is 17.0 Å². The van der Waals surface area contributed by atoms with Crippen LogP contribution in [0.1, 0.15) is 40.5 Å². The molecule has 1 unspecified atom stereocenters. The lowest BCUT2D eigenvalue weighted by atomic mass is 10.1. The molecule has 0 saturated carbocycles. The van der Waals surface area contributed by atoms with E-state index in [2.05, 4.69) is 24.1 Å². The molecule has 2 amide bonds. The topological polar surface area (TPSA) is 45.2 Å². The first-order valence-corrected chi connectivity index (χ1v) is 11.4. The Morgan fingerprint density at radius 2 is 1.90 bits per heavy atom. The van der Waals surface area contributed by atoms with Crippen LogP contribution in [0.25, 0.3) is 10.2 Å². The average Bonchev–Trinajstić information content (AvgIpc) is 3.12. The molecule has 7 heteroatoms. The van der Waals surface area contributed by atoms with Crippen LogP contribution in [0.3, 0.4) is 0 Å². The van der Waals surface area contributed by atoms with Crippen molar-refractivity contribution in [1.29, 1.82) is 0 Å². The quantitative estimate of drug-likeness (QED) is 0.411. The fourth-order valence-corrected chi connectivity index (χ4v) is 4.09. The average molecular weight is 452 g/mol. The van der Waals surface area contributed by atoms with Gasteiger partial charge in [0.1, 0.15) is 0 Å². The Morgan fingerprint density at radius 1 is 1.17 bits per heavy atom. The predicted molar refractivity (Wildman–Crippen MR) is 128 cm³/mol. The highest BCUT2D eigenvalue weighted by Crippen LogP contribution is 2.30. The van der Waals surface area contributed by atoms with E-state index in [-0.39, 0.29) is 6.03 Å². The standard InChI is InChI=1S/C20H21Cl2N3OS.C2H6/c1-3-6-13(2)12-25(14-9-10-15(21)16(22)11-14)20(26)24-19-23-17-7-4-5-8-18(17)27-19;1-2/h4-5,7-11,13H,3,6,12H2,1-2H3,(H,23,24,26);1-2H3. The van der Waals surface area contributed by atoms with Crippen LogP contribution in [0.5, 0.6) is 0 Å². The van der Waals surface area contributed by atoms with E-state index in [1.165, 1.54) is 11.3 Å². The van der Waals surface area contributed by atoms with E-state index < -0.39 is 0 Å². The van der Waals surface area contributed by atoms with Crippen LogP contribution in [-0.2, 0) is 0 Å². The van der Waals surface area contributed by atoms with Crippen LogP contribution < -0.4 is 10.2 Å². The third-order valence-corrected chi connectivity index (χ3v) is 5.93. The van der Waals surface area contributed by atoms with Crippen molar-refractivity contribution in [3.05, 3.63) is 52.5 Å². The molecule has 0 radical (unpaired) electrons. The lowest BCUT2D eigenvalue weighted by Crippen LogP contribution is -2.38.